The van der Waals surface area contributed by atoms with Crippen molar-refractivity contribution >= 4 is 5.97 Å². The van der Waals surface area contributed by atoms with E-state index in [1.165, 1.54) is 0 Å². The Labute approximate surface area is 99.8 Å². The van der Waals surface area contributed by atoms with Crippen molar-refractivity contribution in [2.24, 2.45) is 5.11 Å². The second-order valence-electron chi connectivity index (χ2n) is 4.09. The first-order valence-electron chi connectivity index (χ1n) is 5.78. The van der Waals surface area contributed by atoms with Gasteiger partial charge in [-0.2, -0.15) is 0 Å². The van der Waals surface area contributed by atoms with Crippen molar-refractivity contribution in [1.29, 1.82) is 0 Å². The molecule has 7 heteroatoms. The summed E-state index contributed by atoms with van der Waals surface area (Å²) in [5.74, 6) is -0.827. The van der Waals surface area contributed by atoms with Crippen molar-refractivity contribution in [2.45, 2.75) is 31.2 Å². The molecule has 1 atom stereocenters. The Morgan fingerprint density at radius 3 is 3.06 bits per heavy atom. The largest absolute Gasteiger partial charge is 0.480 e. The normalized spacial score (nSPS) is 24.7. The number of hydrogen-bond acceptors (Lipinski definition) is 4. The third-order valence-corrected chi connectivity index (χ3v) is 2.94. The Bertz CT molecular complexity index is 294. The molecule has 1 unspecified atom stereocenters. The first-order valence-corrected chi connectivity index (χ1v) is 5.78. The van der Waals surface area contributed by atoms with Crippen LogP contribution in [-0.4, -0.2) is 42.9 Å². The summed E-state index contributed by atoms with van der Waals surface area (Å²) >= 11 is 0. The number of nitrogens with zero attached hydrogens (tertiary/aromatic N) is 3. The minimum atomic E-state index is -0.882. The number of hydrogen-bond donors (Lipinski definition) is 2. The van der Waals surface area contributed by atoms with Crippen LogP contribution in [0.5, 0.6) is 0 Å². The highest BCUT2D eigenvalue weighted by Gasteiger charge is 2.38. The topological polar surface area (TPSA) is 107 Å². The third-order valence-electron chi connectivity index (χ3n) is 2.94. The number of ether oxygens (including phenoxy) is 1. The van der Waals surface area contributed by atoms with Crippen LogP contribution >= 0.6 is 0 Å². The Kier molecular flexibility index (Phi) is 5.76. The SMILES string of the molecule is [N-]=[N+]=NCCCNC1(C(=O)O)CCCOCC1. The number of carbonyl (C=O) groups is 1. The Morgan fingerprint density at radius 1 is 1.53 bits per heavy atom. The van der Waals surface area contributed by atoms with E-state index < -0.39 is 11.5 Å². The maximum atomic E-state index is 11.3. The van der Waals surface area contributed by atoms with E-state index in [9.17, 15) is 9.90 Å². The quantitative estimate of drug-likeness (QED) is 0.317. The van der Waals surface area contributed by atoms with E-state index in [0.29, 0.717) is 45.6 Å². The molecule has 0 aromatic carbocycles. The van der Waals surface area contributed by atoms with Crippen LogP contribution < -0.4 is 5.32 Å². The molecule has 96 valence electrons. The van der Waals surface area contributed by atoms with Crippen LogP contribution in [0.15, 0.2) is 5.11 Å². The van der Waals surface area contributed by atoms with Crippen LogP contribution in [0, 0.1) is 0 Å². The number of aliphatic carboxylic acids is 1. The molecule has 0 amide bonds. The van der Waals surface area contributed by atoms with Crippen LogP contribution in [0.3, 0.4) is 0 Å². The number of nitrogens with one attached hydrogen (secondary N) is 1. The van der Waals surface area contributed by atoms with Gasteiger partial charge in [-0.15, -0.1) is 0 Å². The molecule has 1 aliphatic heterocycles. The van der Waals surface area contributed by atoms with Gasteiger partial charge in [0.2, 0.25) is 0 Å². The van der Waals surface area contributed by atoms with Gasteiger partial charge in [-0.1, -0.05) is 5.11 Å². The zero-order chi connectivity index (χ0) is 12.6. The predicted octanol–water partition coefficient (Wildman–Crippen LogP) is 1.30. The van der Waals surface area contributed by atoms with Crippen molar-refractivity contribution < 1.29 is 14.6 Å². The first-order chi connectivity index (χ1) is 8.21. The van der Waals surface area contributed by atoms with Crippen LogP contribution in [0.25, 0.3) is 10.4 Å². The van der Waals surface area contributed by atoms with Gasteiger partial charge in [0.1, 0.15) is 5.54 Å². The molecule has 0 spiro atoms. The lowest BCUT2D eigenvalue weighted by molar-refractivity contribution is -0.145. The van der Waals surface area contributed by atoms with Crippen LogP contribution in [0.4, 0.5) is 0 Å². The number of azide groups is 1. The van der Waals surface area contributed by atoms with E-state index in [1.807, 2.05) is 0 Å². The molecule has 17 heavy (non-hydrogen) atoms. The number of carboxylic acids is 1. The Balaban J connectivity index is 2.46. The second-order valence-corrected chi connectivity index (χ2v) is 4.09. The fourth-order valence-electron chi connectivity index (χ4n) is 1.94. The van der Waals surface area contributed by atoms with Gasteiger partial charge in [-0.3, -0.25) is 4.79 Å². The zero-order valence-corrected chi connectivity index (χ0v) is 9.76. The summed E-state index contributed by atoms with van der Waals surface area (Å²) < 4.78 is 5.27. The van der Waals surface area contributed by atoms with E-state index in [4.69, 9.17) is 10.3 Å². The van der Waals surface area contributed by atoms with Gasteiger partial charge in [-0.05, 0) is 37.8 Å². The molecular formula is C10H18N4O3. The molecule has 0 saturated carbocycles. The van der Waals surface area contributed by atoms with Crippen LogP contribution in [-0.2, 0) is 9.53 Å². The van der Waals surface area contributed by atoms with Crippen molar-refractivity contribution in [3.8, 4) is 0 Å². The highest BCUT2D eigenvalue weighted by atomic mass is 16.5. The lowest BCUT2D eigenvalue weighted by Crippen LogP contribution is -2.52. The van der Waals surface area contributed by atoms with E-state index in [-0.39, 0.29) is 0 Å². The average molecular weight is 242 g/mol. The van der Waals surface area contributed by atoms with Crippen molar-refractivity contribution in [3.63, 3.8) is 0 Å². The number of carboxylic acid groups (broad SMARTS) is 1. The predicted molar refractivity (Wildman–Crippen MR) is 61.7 cm³/mol. The molecule has 0 aliphatic carbocycles. The van der Waals surface area contributed by atoms with E-state index in [1.54, 1.807) is 0 Å². The summed E-state index contributed by atoms with van der Waals surface area (Å²) in [6.45, 7) is 2.01. The highest BCUT2D eigenvalue weighted by Crippen LogP contribution is 2.21. The van der Waals surface area contributed by atoms with Gasteiger partial charge in [0, 0.05) is 24.7 Å². The zero-order valence-electron chi connectivity index (χ0n) is 9.76. The molecule has 1 saturated heterocycles. The fourth-order valence-corrected chi connectivity index (χ4v) is 1.94. The molecule has 1 aliphatic rings. The average Bonchev–Trinajstić information content (AvgIpc) is 2.55. The monoisotopic (exact) mass is 242 g/mol. The van der Waals surface area contributed by atoms with Gasteiger partial charge in [0.05, 0.1) is 0 Å². The first kappa shape index (κ1) is 13.8. The molecule has 1 rings (SSSR count). The van der Waals surface area contributed by atoms with Gasteiger partial charge >= 0.3 is 5.97 Å². The molecule has 1 fully saturated rings. The molecule has 0 bridgehead atoms. The summed E-state index contributed by atoms with van der Waals surface area (Å²) in [6, 6.07) is 0. The highest BCUT2D eigenvalue weighted by molar-refractivity contribution is 5.78. The molecule has 0 aromatic heterocycles. The van der Waals surface area contributed by atoms with Crippen molar-refractivity contribution in [3.05, 3.63) is 10.4 Å². The molecule has 2 N–H and O–H groups in total. The van der Waals surface area contributed by atoms with E-state index in [2.05, 4.69) is 15.3 Å². The maximum Gasteiger partial charge on any atom is 0.323 e. The summed E-state index contributed by atoms with van der Waals surface area (Å²) in [7, 11) is 0. The summed E-state index contributed by atoms with van der Waals surface area (Å²) in [6.07, 6.45) is 2.43. The van der Waals surface area contributed by atoms with E-state index in [0.717, 1.165) is 6.42 Å². The van der Waals surface area contributed by atoms with Gasteiger partial charge < -0.3 is 15.2 Å². The fraction of sp³-hybridized carbons (Fsp3) is 0.900. The molecule has 1 heterocycles. The molecular weight excluding hydrogens is 224 g/mol. The van der Waals surface area contributed by atoms with Gasteiger partial charge in [-0.25, -0.2) is 0 Å². The minimum Gasteiger partial charge on any atom is -0.480 e. The van der Waals surface area contributed by atoms with Crippen LogP contribution in [0.1, 0.15) is 25.7 Å². The maximum absolute atomic E-state index is 11.3. The minimum absolute atomic E-state index is 0.385. The van der Waals surface area contributed by atoms with E-state index >= 15 is 0 Å². The van der Waals surface area contributed by atoms with Gasteiger partial charge in [0.15, 0.2) is 0 Å². The molecule has 7 nitrogen and oxygen atoms in total. The summed E-state index contributed by atoms with van der Waals surface area (Å²) in [5.41, 5.74) is 7.24. The third kappa shape index (κ3) is 4.22. The summed E-state index contributed by atoms with van der Waals surface area (Å²) in [4.78, 5) is 14.0. The van der Waals surface area contributed by atoms with Gasteiger partial charge in [0.25, 0.3) is 0 Å². The molecule has 0 aromatic rings. The standard InChI is InChI=1S/C10H18N4O3/c11-14-13-6-2-5-12-10(9(15)16)3-1-7-17-8-4-10/h12H,1-8H2,(H,15,16). The lowest BCUT2D eigenvalue weighted by Gasteiger charge is -2.28. The van der Waals surface area contributed by atoms with Crippen molar-refractivity contribution in [2.75, 3.05) is 26.3 Å². The van der Waals surface area contributed by atoms with Crippen molar-refractivity contribution in [1.82, 2.24) is 5.32 Å². The Morgan fingerprint density at radius 2 is 2.35 bits per heavy atom. The second kappa shape index (κ2) is 7.11. The number of rotatable bonds is 6. The lowest BCUT2D eigenvalue weighted by atomic mass is 9.90. The summed E-state index contributed by atoms with van der Waals surface area (Å²) in [5, 5.41) is 15.8. The molecule has 0 radical (unpaired) electrons. The van der Waals surface area contributed by atoms with Crippen LogP contribution in [0.2, 0.25) is 0 Å². The Hall–Kier alpha value is -1.30. The smallest absolute Gasteiger partial charge is 0.323 e.